The highest BCUT2D eigenvalue weighted by Gasteiger charge is 2.09. The van der Waals surface area contributed by atoms with Crippen molar-refractivity contribution in [3.63, 3.8) is 0 Å². The first-order chi connectivity index (χ1) is 10.1. The van der Waals surface area contributed by atoms with E-state index in [1.807, 2.05) is 32.0 Å². The van der Waals surface area contributed by atoms with Gasteiger partial charge in [-0.05, 0) is 24.5 Å². The Kier molecular flexibility index (Phi) is 5.10. The zero-order valence-electron chi connectivity index (χ0n) is 11.8. The Balaban J connectivity index is 2.01. The van der Waals surface area contributed by atoms with Crippen molar-refractivity contribution in [3.8, 4) is 0 Å². The Labute approximate surface area is 126 Å². The largest absolute Gasteiger partial charge is 0.325 e. The molecule has 2 N–H and O–H groups in total. The number of carbonyl (C=O) groups excluding carboxylic acids is 1. The standard InChI is InChI=1S/C14H16N4O2S/c1-3-10-6-4-5-9(2)13(10)16-12(20)8-21-14-17-11(19)7-15-18-14/h4-7H,3,8H2,1-2H3,(H,16,20)(H,17,18,19). The van der Waals surface area contributed by atoms with E-state index < -0.39 is 0 Å². The van der Waals surface area contributed by atoms with Gasteiger partial charge in [-0.3, -0.25) is 14.6 Å². The molecule has 0 aliphatic rings. The van der Waals surface area contributed by atoms with Crippen LogP contribution in [0.25, 0.3) is 0 Å². The molecule has 6 nitrogen and oxygen atoms in total. The number of benzene rings is 1. The number of para-hydroxylation sites is 1. The Bertz CT molecular complexity index is 699. The summed E-state index contributed by atoms with van der Waals surface area (Å²) in [6.45, 7) is 4.01. The third kappa shape index (κ3) is 4.16. The second-order valence-corrected chi connectivity index (χ2v) is 5.40. The van der Waals surface area contributed by atoms with E-state index in [0.29, 0.717) is 5.16 Å². The van der Waals surface area contributed by atoms with E-state index in [9.17, 15) is 9.59 Å². The molecule has 7 heteroatoms. The number of aromatic amines is 1. The van der Waals surface area contributed by atoms with Crippen LogP contribution in [0.1, 0.15) is 18.1 Å². The molecule has 110 valence electrons. The number of amides is 1. The molecule has 0 saturated heterocycles. The third-order valence-electron chi connectivity index (χ3n) is 2.90. The van der Waals surface area contributed by atoms with Gasteiger partial charge in [0.05, 0.1) is 5.75 Å². The molecular formula is C14H16N4O2S. The van der Waals surface area contributed by atoms with Gasteiger partial charge < -0.3 is 5.32 Å². The van der Waals surface area contributed by atoms with Crippen molar-refractivity contribution in [1.82, 2.24) is 15.2 Å². The number of hydrogen-bond acceptors (Lipinski definition) is 5. The topological polar surface area (TPSA) is 87.7 Å². The van der Waals surface area contributed by atoms with Crippen molar-refractivity contribution in [1.29, 1.82) is 0 Å². The highest BCUT2D eigenvalue weighted by molar-refractivity contribution is 7.99. The predicted molar refractivity (Wildman–Crippen MR) is 82.6 cm³/mol. The monoisotopic (exact) mass is 304 g/mol. The molecule has 1 amide bonds. The van der Waals surface area contributed by atoms with Gasteiger partial charge in [0.2, 0.25) is 5.91 Å². The van der Waals surface area contributed by atoms with E-state index >= 15 is 0 Å². The molecule has 2 rings (SSSR count). The van der Waals surface area contributed by atoms with E-state index in [2.05, 4.69) is 20.5 Å². The first kappa shape index (κ1) is 15.2. The van der Waals surface area contributed by atoms with Crippen molar-refractivity contribution in [3.05, 3.63) is 45.9 Å². The van der Waals surface area contributed by atoms with E-state index in [4.69, 9.17) is 0 Å². The second-order valence-electron chi connectivity index (χ2n) is 4.44. The van der Waals surface area contributed by atoms with Crippen LogP contribution in [0.15, 0.2) is 34.3 Å². The molecule has 2 aromatic rings. The lowest BCUT2D eigenvalue weighted by Crippen LogP contribution is -2.17. The number of nitrogens with one attached hydrogen (secondary N) is 2. The Morgan fingerprint density at radius 3 is 2.95 bits per heavy atom. The van der Waals surface area contributed by atoms with Gasteiger partial charge in [0.25, 0.3) is 5.56 Å². The molecule has 0 unspecified atom stereocenters. The predicted octanol–water partition coefficient (Wildman–Crippen LogP) is 1.77. The Morgan fingerprint density at radius 1 is 1.43 bits per heavy atom. The SMILES string of the molecule is CCc1cccc(C)c1NC(=O)CSc1nncc(=O)[nH]1. The van der Waals surface area contributed by atoms with Crippen LogP contribution in [0.3, 0.4) is 0 Å². The van der Waals surface area contributed by atoms with Crippen molar-refractivity contribution in [2.45, 2.75) is 25.4 Å². The highest BCUT2D eigenvalue weighted by Crippen LogP contribution is 2.21. The van der Waals surface area contributed by atoms with Crippen LogP contribution in [-0.4, -0.2) is 26.8 Å². The summed E-state index contributed by atoms with van der Waals surface area (Å²) in [4.78, 5) is 25.6. The molecule has 1 aromatic heterocycles. The van der Waals surface area contributed by atoms with Crippen LogP contribution in [0, 0.1) is 6.92 Å². The normalized spacial score (nSPS) is 10.4. The van der Waals surface area contributed by atoms with Gasteiger partial charge in [0, 0.05) is 5.69 Å². The Morgan fingerprint density at radius 2 is 2.24 bits per heavy atom. The van der Waals surface area contributed by atoms with Crippen molar-refractivity contribution in [2.24, 2.45) is 0 Å². The van der Waals surface area contributed by atoms with Crippen LogP contribution in [0.4, 0.5) is 5.69 Å². The van der Waals surface area contributed by atoms with Crippen LogP contribution >= 0.6 is 11.8 Å². The number of anilines is 1. The van der Waals surface area contributed by atoms with Gasteiger partial charge in [-0.15, -0.1) is 5.10 Å². The maximum absolute atomic E-state index is 12.0. The molecule has 0 fully saturated rings. The molecule has 0 aliphatic heterocycles. The molecule has 0 bridgehead atoms. The number of H-pyrrole nitrogens is 1. The van der Waals surface area contributed by atoms with Gasteiger partial charge in [-0.1, -0.05) is 36.9 Å². The van der Waals surface area contributed by atoms with Crippen molar-refractivity contribution < 1.29 is 4.79 Å². The zero-order chi connectivity index (χ0) is 15.2. The van der Waals surface area contributed by atoms with Gasteiger partial charge in [-0.25, -0.2) is 0 Å². The number of aromatic nitrogens is 3. The lowest BCUT2D eigenvalue weighted by Gasteiger charge is -2.12. The molecule has 0 atom stereocenters. The highest BCUT2D eigenvalue weighted by atomic mass is 32.2. The molecule has 0 saturated carbocycles. The molecule has 0 radical (unpaired) electrons. The van der Waals surface area contributed by atoms with E-state index in [0.717, 1.165) is 41.2 Å². The summed E-state index contributed by atoms with van der Waals surface area (Å²) in [7, 11) is 0. The lowest BCUT2D eigenvalue weighted by atomic mass is 10.1. The summed E-state index contributed by atoms with van der Waals surface area (Å²) in [5.74, 6) is 0.0158. The van der Waals surface area contributed by atoms with E-state index in [1.165, 1.54) is 0 Å². The van der Waals surface area contributed by atoms with Gasteiger partial charge in [0.1, 0.15) is 6.20 Å². The third-order valence-corrected chi connectivity index (χ3v) is 3.76. The van der Waals surface area contributed by atoms with Crippen LogP contribution in [0.5, 0.6) is 0 Å². The molecule has 1 aromatic carbocycles. The molecular weight excluding hydrogens is 288 g/mol. The zero-order valence-corrected chi connectivity index (χ0v) is 12.7. The van der Waals surface area contributed by atoms with Gasteiger partial charge >= 0.3 is 0 Å². The average Bonchev–Trinajstić information content (AvgIpc) is 2.47. The molecule has 1 heterocycles. The summed E-state index contributed by atoms with van der Waals surface area (Å²) in [5, 5.41) is 10.5. The van der Waals surface area contributed by atoms with E-state index in [1.54, 1.807) is 0 Å². The minimum absolute atomic E-state index is 0.143. The summed E-state index contributed by atoms with van der Waals surface area (Å²) in [6, 6.07) is 5.93. The number of hydrogen-bond donors (Lipinski definition) is 2. The lowest BCUT2D eigenvalue weighted by molar-refractivity contribution is -0.113. The molecule has 21 heavy (non-hydrogen) atoms. The number of carbonyl (C=O) groups is 1. The van der Waals surface area contributed by atoms with Crippen molar-refractivity contribution >= 4 is 23.4 Å². The molecule has 0 aliphatic carbocycles. The van der Waals surface area contributed by atoms with Gasteiger partial charge in [0.15, 0.2) is 5.16 Å². The fraction of sp³-hybridized carbons (Fsp3) is 0.286. The minimum Gasteiger partial charge on any atom is -0.325 e. The fourth-order valence-corrected chi connectivity index (χ4v) is 2.49. The van der Waals surface area contributed by atoms with Gasteiger partial charge in [-0.2, -0.15) is 5.10 Å². The summed E-state index contributed by atoms with van der Waals surface area (Å²) >= 11 is 1.14. The number of nitrogens with zero attached hydrogens (tertiary/aromatic N) is 2. The molecule has 0 spiro atoms. The Hall–Kier alpha value is -2.15. The fourth-order valence-electron chi connectivity index (χ4n) is 1.87. The second kappa shape index (κ2) is 7.03. The smallest absolute Gasteiger partial charge is 0.270 e. The minimum atomic E-state index is -0.333. The number of aryl methyl sites for hydroxylation is 2. The first-order valence-electron chi connectivity index (χ1n) is 6.53. The van der Waals surface area contributed by atoms with Crippen LogP contribution < -0.4 is 10.9 Å². The quantitative estimate of drug-likeness (QED) is 0.822. The summed E-state index contributed by atoms with van der Waals surface area (Å²) in [6.07, 6.45) is 1.94. The first-order valence-corrected chi connectivity index (χ1v) is 7.52. The maximum Gasteiger partial charge on any atom is 0.270 e. The van der Waals surface area contributed by atoms with E-state index in [-0.39, 0.29) is 17.2 Å². The summed E-state index contributed by atoms with van der Waals surface area (Å²) < 4.78 is 0. The number of thioether (sulfide) groups is 1. The number of rotatable bonds is 5. The van der Waals surface area contributed by atoms with Crippen molar-refractivity contribution in [2.75, 3.05) is 11.1 Å². The van der Waals surface area contributed by atoms with Crippen LogP contribution in [-0.2, 0) is 11.2 Å². The summed E-state index contributed by atoms with van der Waals surface area (Å²) in [5.41, 5.74) is 2.65. The maximum atomic E-state index is 12.0. The average molecular weight is 304 g/mol. The van der Waals surface area contributed by atoms with Crippen LogP contribution in [0.2, 0.25) is 0 Å².